The van der Waals surface area contributed by atoms with Gasteiger partial charge in [0.15, 0.2) is 5.82 Å². The third kappa shape index (κ3) is 6.44. The Morgan fingerprint density at radius 2 is 1.92 bits per heavy atom. The third-order valence-corrected chi connectivity index (χ3v) is 4.80. The Morgan fingerprint density at radius 3 is 2.40 bits per heavy atom. The van der Waals surface area contributed by atoms with Crippen LogP contribution in [0.1, 0.15) is 72.5 Å². The number of aromatic amines is 1. The zero-order valence-electron chi connectivity index (χ0n) is 16.3. The minimum atomic E-state index is -0.819. The molecule has 0 saturated heterocycles. The smallest absolute Gasteiger partial charge is 0.307 e. The number of rotatable bonds is 10. The number of carboxylic acid groups (broad SMARTS) is 1. The lowest BCUT2D eigenvalue weighted by Crippen LogP contribution is -2.28. The van der Waals surface area contributed by atoms with Crippen LogP contribution in [0.4, 0.5) is 0 Å². The Labute approximate surface area is 150 Å². The van der Waals surface area contributed by atoms with Gasteiger partial charge in [0.05, 0.1) is 5.92 Å². The topological polar surface area (TPSA) is 91.8 Å². The second-order valence-electron chi connectivity index (χ2n) is 7.30. The molecule has 1 heterocycles. The molecular weight excluding hydrogens is 316 g/mol. The quantitative estimate of drug-likeness (QED) is 0.613. The van der Waals surface area contributed by atoms with Crippen molar-refractivity contribution in [3.8, 4) is 0 Å². The molecule has 0 aromatic carbocycles. The number of H-pyrrole nitrogens is 1. The minimum absolute atomic E-state index is 0.0179. The summed E-state index contributed by atoms with van der Waals surface area (Å²) in [6, 6.07) is 0. The Balaban J connectivity index is 3.00. The molecule has 1 aromatic rings. The summed E-state index contributed by atoms with van der Waals surface area (Å²) < 4.78 is 0. The molecule has 0 aliphatic carbocycles. The van der Waals surface area contributed by atoms with Crippen LogP contribution in [0.15, 0.2) is 23.3 Å². The van der Waals surface area contributed by atoms with Crippen molar-refractivity contribution < 1.29 is 9.90 Å². The van der Waals surface area contributed by atoms with Crippen LogP contribution in [0.5, 0.6) is 0 Å². The van der Waals surface area contributed by atoms with Crippen LogP contribution < -0.4 is 0 Å². The summed E-state index contributed by atoms with van der Waals surface area (Å²) in [7, 11) is 0. The van der Waals surface area contributed by atoms with E-state index in [0.29, 0.717) is 18.2 Å². The number of carboxylic acids is 1. The monoisotopic (exact) mass is 348 g/mol. The molecule has 0 aliphatic rings. The van der Waals surface area contributed by atoms with Gasteiger partial charge in [-0.25, -0.2) is 0 Å². The summed E-state index contributed by atoms with van der Waals surface area (Å²) in [5.74, 6) is -0.658. The highest BCUT2D eigenvalue weighted by molar-refractivity contribution is 5.71. The third-order valence-electron chi connectivity index (χ3n) is 4.80. The number of aliphatic carboxylic acids is 1. The average molecular weight is 348 g/mol. The van der Waals surface area contributed by atoms with Crippen LogP contribution in [0.2, 0.25) is 0 Å². The van der Waals surface area contributed by atoms with Gasteiger partial charge in [-0.3, -0.25) is 4.79 Å². The number of hydrogen-bond donors (Lipinski definition) is 2. The number of nitrogens with zero attached hydrogens (tertiary/aromatic N) is 3. The van der Waals surface area contributed by atoms with Crippen molar-refractivity contribution in [1.29, 1.82) is 0 Å². The molecule has 6 nitrogen and oxygen atoms in total. The van der Waals surface area contributed by atoms with Crippen molar-refractivity contribution >= 4 is 5.97 Å². The van der Waals surface area contributed by atoms with Gasteiger partial charge in [0.25, 0.3) is 0 Å². The van der Waals surface area contributed by atoms with E-state index < -0.39 is 11.9 Å². The van der Waals surface area contributed by atoms with Gasteiger partial charge in [-0.1, -0.05) is 62.6 Å². The van der Waals surface area contributed by atoms with Gasteiger partial charge in [0.1, 0.15) is 0 Å². The van der Waals surface area contributed by atoms with Gasteiger partial charge in [0, 0.05) is 5.92 Å². The van der Waals surface area contributed by atoms with Crippen LogP contribution in [0.3, 0.4) is 0 Å². The standard InChI is InChI=1S/C19H32N4O2/c1-7-8-14(5)15(6)10-9-13(4)11-16(18-20-22-23-21-18)17(12(2)3)19(24)25/h9-10,12,14,16-17H,7-8,11H2,1-6H3,(H,24,25)(H,20,21,22,23)/b13-9?,15-10+. The van der Waals surface area contributed by atoms with Crippen molar-refractivity contribution in [2.24, 2.45) is 17.8 Å². The maximum absolute atomic E-state index is 11.8. The van der Waals surface area contributed by atoms with E-state index in [1.54, 1.807) is 0 Å². The molecule has 0 fully saturated rings. The van der Waals surface area contributed by atoms with E-state index >= 15 is 0 Å². The summed E-state index contributed by atoms with van der Waals surface area (Å²) in [6.07, 6.45) is 7.18. The van der Waals surface area contributed by atoms with E-state index in [4.69, 9.17) is 0 Å². The maximum Gasteiger partial charge on any atom is 0.307 e. The predicted molar refractivity (Wildman–Crippen MR) is 99.1 cm³/mol. The lowest BCUT2D eigenvalue weighted by atomic mass is 9.79. The highest BCUT2D eigenvalue weighted by Gasteiger charge is 2.34. The molecule has 1 rings (SSSR count). The second kappa shape index (κ2) is 10.1. The first kappa shape index (κ1) is 21.1. The molecule has 3 unspecified atom stereocenters. The average Bonchev–Trinajstić information content (AvgIpc) is 3.05. The van der Waals surface area contributed by atoms with Crippen LogP contribution in [0, 0.1) is 17.8 Å². The molecule has 140 valence electrons. The molecule has 0 spiro atoms. The van der Waals surface area contributed by atoms with Crippen molar-refractivity contribution in [2.75, 3.05) is 0 Å². The van der Waals surface area contributed by atoms with Crippen molar-refractivity contribution in [2.45, 2.75) is 66.7 Å². The molecule has 1 aromatic heterocycles. The Bertz CT molecular complexity index is 591. The van der Waals surface area contributed by atoms with E-state index in [0.717, 1.165) is 5.57 Å². The van der Waals surface area contributed by atoms with Crippen LogP contribution in [0.25, 0.3) is 0 Å². The number of nitrogens with one attached hydrogen (secondary N) is 1. The van der Waals surface area contributed by atoms with Gasteiger partial charge in [-0.05, 0) is 38.5 Å². The Hall–Kier alpha value is -1.98. The Morgan fingerprint density at radius 1 is 1.24 bits per heavy atom. The van der Waals surface area contributed by atoms with E-state index in [2.05, 4.69) is 53.5 Å². The lowest BCUT2D eigenvalue weighted by molar-refractivity contribution is -0.144. The fourth-order valence-electron chi connectivity index (χ4n) is 3.14. The second-order valence-corrected chi connectivity index (χ2v) is 7.30. The van der Waals surface area contributed by atoms with Crippen LogP contribution >= 0.6 is 0 Å². The molecule has 0 amide bonds. The predicted octanol–water partition coefficient (Wildman–Crippen LogP) is 4.36. The largest absolute Gasteiger partial charge is 0.481 e. The minimum Gasteiger partial charge on any atom is -0.481 e. The number of aromatic nitrogens is 4. The normalized spacial score (nSPS) is 16.8. The van der Waals surface area contributed by atoms with Gasteiger partial charge < -0.3 is 5.11 Å². The highest BCUT2D eigenvalue weighted by atomic mass is 16.4. The zero-order chi connectivity index (χ0) is 19.0. The molecule has 2 N–H and O–H groups in total. The highest BCUT2D eigenvalue weighted by Crippen LogP contribution is 2.33. The van der Waals surface area contributed by atoms with E-state index in [1.165, 1.54) is 18.4 Å². The van der Waals surface area contributed by atoms with Crippen LogP contribution in [-0.2, 0) is 4.79 Å². The van der Waals surface area contributed by atoms with Crippen molar-refractivity contribution in [1.82, 2.24) is 20.6 Å². The molecular formula is C19H32N4O2. The van der Waals surface area contributed by atoms with E-state index in [1.807, 2.05) is 20.8 Å². The fourth-order valence-corrected chi connectivity index (χ4v) is 3.14. The first-order valence-electron chi connectivity index (χ1n) is 9.07. The van der Waals surface area contributed by atoms with Gasteiger partial charge >= 0.3 is 5.97 Å². The fraction of sp³-hybridized carbons (Fsp3) is 0.684. The summed E-state index contributed by atoms with van der Waals surface area (Å²) >= 11 is 0. The van der Waals surface area contributed by atoms with E-state index in [-0.39, 0.29) is 11.8 Å². The maximum atomic E-state index is 11.8. The van der Waals surface area contributed by atoms with Gasteiger partial charge in [-0.2, -0.15) is 5.21 Å². The molecule has 0 aliphatic heterocycles. The summed E-state index contributed by atoms with van der Waals surface area (Å²) in [5, 5.41) is 23.8. The number of tetrazole rings is 1. The van der Waals surface area contributed by atoms with E-state index in [9.17, 15) is 9.90 Å². The molecule has 25 heavy (non-hydrogen) atoms. The van der Waals surface area contributed by atoms with Crippen molar-refractivity contribution in [3.63, 3.8) is 0 Å². The molecule has 0 radical (unpaired) electrons. The number of hydrogen-bond acceptors (Lipinski definition) is 4. The Kier molecular flexibility index (Phi) is 8.52. The number of allylic oxidation sites excluding steroid dienone is 4. The summed E-state index contributed by atoms with van der Waals surface area (Å²) in [4.78, 5) is 11.8. The first-order chi connectivity index (χ1) is 11.8. The SMILES string of the molecule is CCCC(C)/C(C)=C/C=C(C)CC(c1nn[nH]n1)C(C(=O)O)C(C)C. The van der Waals surface area contributed by atoms with Gasteiger partial charge in [-0.15, -0.1) is 10.2 Å². The lowest BCUT2D eigenvalue weighted by Gasteiger charge is -2.24. The summed E-state index contributed by atoms with van der Waals surface area (Å²) in [6.45, 7) is 12.4. The van der Waals surface area contributed by atoms with Gasteiger partial charge in [0.2, 0.25) is 0 Å². The van der Waals surface area contributed by atoms with Crippen LogP contribution in [-0.4, -0.2) is 31.7 Å². The zero-order valence-corrected chi connectivity index (χ0v) is 16.3. The summed E-state index contributed by atoms with van der Waals surface area (Å²) in [5.41, 5.74) is 2.46. The molecule has 6 heteroatoms. The van der Waals surface area contributed by atoms with Crippen molar-refractivity contribution in [3.05, 3.63) is 29.1 Å². The number of carbonyl (C=O) groups is 1. The molecule has 0 bridgehead atoms. The molecule has 0 saturated carbocycles. The molecule has 3 atom stereocenters. The first-order valence-corrected chi connectivity index (χ1v) is 9.07.